The lowest BCUT2D eigenvalue weighted by Gasteiger charge is -2.50. The Morgan fingerprint density at radius 1 is 1.27 bits per heavy atom. The molecule has 2 amide bonds. The molecule has 18 nitrogen and oxygen atoms in total. The lowest BCUT2D eigenvalue weighted by Crippen LogP contribution is -2.76. The number of aryl methyl sites for hydroxylation is 1. The number of fused-ring (bicyclic) bond motifs is 1. The van der Waals surface area contributed by atoms with Gasteiger partial charge in [-0.15, -0.1) is 15.6 Å². The number of aliphatic carboxylic acids is 1. The molecule has 0 bridgehead atoms. The highest BCUT2D eigenvalue weighted by molar-refractivity contribution is 7.80. The highest BCUT2D eigenvalue weighted by Crippen LogP contribution is 2.35. The molecule has 9 N–H and O–H groups in total. The van der Waals surface area contributed by atoms with E-state index in [1.54, 1.807) is 12.1 Å². The molecular formula is C28H36N8O10S2. The van der Waals surface area contributed by atoms with Crippen molar-refractivity contribution in [1.29, 1.82) is 5.41 Å². The first-order valence-electron chi connectivity index (χ1n) is 14.8. The number of nitrogens with zero attached hydrogens (tertiary/aromatic N) is 3. The highest BCUT2D eigenvalue weighted by atomic mass is 32.3. The summed E-state index contributed by atoms with van der Waals surface area (Å²) in [4.78, 5) is 48.3. The van der Waals surface area contributed by atoms with E-state index in [-0.39, 0.29) is 35.2 Å². The molecule has 3 aliphatic rings. The van der Waals surface area contributed by atoms with Crippen molar-refractivity contribution in [3.8, 4) is 5.75 Å². The second kappa shape index (κ2) is 12.9. The number of rotatable bonds is 11. The van der Waals surface area contributed by atoms with Gasteiger partial charge in [-0.3, -0.25) is 19.6 Å². The normalized spacial score (nSPS) is 24.8. The summed E-state index contributed by atoms with van der Waals surface area (Å²) in [7, 11) is -5.03. The zero-order valence-electron chi connectivity index (χ0n) is 26.1. The second-order valence-corrected chi connectivity index (χ2v) is 14.4. The van der Waals surface area contributed by atoms with Crippen LogP contribution in [0.5, 0.6) is 5.75 Å². The summed E-state index contributed by atoms with van der Waals surface area (Å²) >= 11 is 0.962. The lowest BCUT2D eigenvalue weighted by atomic mass is 9.84. The molecule has 2 aliphatic heterocycles. The molecule has 0 radical (unpaired) electrons. The van der Waals surface area contributed by atoms with Crippen LogP contribution in [0.15, 0.2) is 28.7 Å². The van der Waals surface area contributed by atoms with Gasteiger partial charge in [0.05, 0.1) is 5.54 Å². The van der Waals surface area contributed by atoms with E-state index in [1.165, 1.54) is 26.2 Å². The highest BCUT2D eigenvalue weighted by Gasteiger charge is 2.58. The molecule has 1 saturated heterocycles. The molecular weight excluding hydrogens is 672 g/mol. The van der Waals surface area contributed by atoms with E-state index in [1.807, 2.05) is 6.07 Å². The Morgan fingerprint density at radius 2 is 2.00 bits per heavy atom. The number of hydrogen-bond acceptors (Lipinski definition) is 14. The fourth-order valence-corrected chi connectivity index (χ4v) is 6.76. The Morgan fingerprint density at radius 3 is 2.58 bits per heavy atom. The Balaban J connectivity index is 1.33. The Kier molecular flexibility index (Phi) is 9.40. The number of amidine groups is 1. The first-order chi connectivity index (χ1) is 22.4. The molecule has 2 aromatic rings. The van der Waals surface area contributed by atoms with Crippen LogP contribution in [0.4, 0.5) is 5.13 Å². The number of carbonyl (C=O) groups is 3. The zero-order valence-corrected chi connectivity index (χ0v) is 27.8. The average Bonchev–Trinajstić information content (AvgIpc) is 3.64. The van der Waals surface area contributed by atoms with Gasteiger partial charge in [0.2, 0.25) is 0 Å². The third-order valence-electron chi connectivity index (χ3n) is 8.58. The number of β-lactam (4-membered cyclic amide) rings is 1. The first-order valence-corrected chi connectivity index (χ1v) is 17.1. The number of carbonyl (C=O) groups excluding carboxylic acids is 2. The van der Waals surface area contributed by atoms with Crippen LogP contribution >= 0.6 is 11.3 Å². The molecule has 3 heterocycles. The Bertz CT molecular complexity index is 1780. The van der Waals surface area contributed by atoms with Crippen molar-refractivity contribution in [3.63, 3.8) is 0 Å². The topological polar surface area (TPSA) is 282 Å². The van der Waals surface area contributed by atoms with Gasteiger partial charge in [-0.1, -0.05) is 5.16 Å². The molecule has 1 aromatic carbocycles. The predicted octanol–water partition coefficient (Wildman–Crippen LogP) is 0.318. The van der Waals surface area contributed by atoms with Crippen molar-refractivity contribution in [2.45, 2.75) is 88.2 Å². The maximum absolute atomic E-state index is 13.4. The van der Waals surface area contributed by atoms with E-state index < -0.39 is 57.2 Å². The molecule has 1 aromatic heterocycles. The van der Waals surface area contributed by atoms with Gasteiger partial charge in [0, 0.05) is 23.0 Å². The number of carboxylic acid groups (broad SMARTS) is 1. The van der Waals surface area contributed by atoms with E-state index in [9.17, 15) is 27.9 Å². The van der Waals surface area contributed by atoms with Crippen molar-refractivity contribution < 1.29 is 46.3 Å². The van der Waals surface area contributed by atoms with Crippen molar-refractivity contribution in [2.75, 3.05) is 5.73 Å². The predicted molar refractivity (Wildman–Crippen MR) is 170 cm³/mol. The van der Waals surface area contributed by atoms with Crippen LogP contribution in [0.25, 0.3) is 0 Å². The number of oxime groups is 1. The largest absolute Gasteiger partial charge is 0.485 e. The number of hydroxylamine groups is 2. The summed E-state index contributed by atoms with van der Waals surface area (Å²) in [6, 6.07) is 4.07. The molecule has 48 heavy (non-hydrogen) atoms. The lowest BCUT2D eigenvalue weighted by molar-refractivity contribution is -0.218. The number of amides is 2. The number of ether oxygens (including phenoxy) is 1. The number of nitrogen functional groups attached to an aromatic ring is 1. The number of carboxylic acids is 1. The van der Waals surface area contributed by atoms with E-state index in [4.69, 9.17) is 31.0 Å². The van der Waals surface area contributed by atoms with Gasteiger partial charge >= 0.3 is 16.4 Å². The van der Waals surface area contributed by atoms with Gasteiger partial charge < -0.3 is 36.8 Å². The van der Waals surface area contributed by atoms with Gasteiger partial charge in [0.15, 0.2) is 16.9 Å². The van der Waals surface area contributed by atoms with Crippen molar-refractivity contribution in [2.24, 2.45) is 10.9 Å². The van der Waals surface area contributed by atoms with Crippen LogP contribution in [-0.4, -0.2) is 92.8 Å². The summed E-state index contributed by atoms with van der Waals surface area (Å²) < 4.78 is 41.7. The molecule has 1 aliphatic carbocycles. The van der Waals surface area contributed by atoms with E-state index in [0.29, 0.717) is 22.8 Å². The molecule has 0 spiro atoms. The van der Waals surface area contributed by atoms with Crippen LogP contribution in [0.3, 0.4) is 0 Å². The van der Waals surface area contributed by atoms with Crippen LogP contribution in [0.2, 0.25) is 0 Å². The molecule has 260 valence electrons. The van der Waals surface area contributed by atoms with Crippen LogP contribution in [0.1, 0.15) is 63.3 Å². The quantitative estimate of drug-likeness (QED) is 0.0544. The Hall–Kier alpha value is -4.37. The molecule has 20 heteroatoms. The molecule has 0 unspecified atom stereocenters. The number of aromatic nitrogens is 1. The number of anilines is 1. The molecule has 5 atom stereocenters. The Labute approximate surface area is 279 Å². The zero-order chi connectivity index (χ0) is 35.2. The fourth-order valence-electron chi connectivity index (χ4n) is 5.76. The maximum Gasteiger partial charge on any atom is 0.418 e. The summed E-state index contributed by atoms with van der Waals surface area (Å²) in [6.07, 6.45) is 2.08. The van der Waals surface area contributed by atoms with Gasteiger partial charge in [-0.25, -0.2) is 9.78 Å². The third kappa shape index (κ3) is 7.06. The van der Waals surface area contributed by atoms with Crippen molar-refractivity contribution >= 4 is 56.2 Å². The summed E-state index contributed by atoms with van der Waals surface area (Å²) in [5, 5.41) is 30.1. The van der Waals surface area contributed by atoms with Crippen LogP contribution in [0, 0.1) is 5.41 Å². The molecule has 1 saturated carbocycles. The fraction of sp³-hybridized carbons (Fsp3) is 0.500. The van der Waals surface area contributed by atoms with Crippen LogP contribution in [-0.2, 0) is 40.3 Å². The number of thiazole rings is 1. The standard InChI is InChI=1S/C28H36N8O10S2/c1-27(2)21(24(38)36(27)46-48(41,42)43)34-23(37)20(17-12-47-26(31)33-17)35-45-28(3,25(39)40)19-9-5-13-10-14(4-8-18(13)44-19)22(30)32-16-7-6-15(29)11-16/h4,8,10,12,15-16,19,21H,5-7,9,11,29H2,1-3H3,(H2,30,32)(H2,31,33)(H,34,37)(H,39,40)(H,41,42,43)/b35-20-/t15-,16-,19-,21-,28+/m1/s1. The summed E-state index contributed by atoms with van der Waals surface area (Å²) in [5.41, 5.74) is 8.99. The van der Waals surface area contributed by atoms with Crippen LogP contribution < -0.4 is 26.8 Å². The number of nitrogens with two attached hydrogens (primary N) is 2. The molecule has 5 rings (SSSR count). The summed E-state index contributed by atoms with van der Waals surface area (Å²) in [6.45, 7) is 3.97. The average molecular weight is 709 g/mol. The van der Waals surface area contributed by atoms with Gasteiger partial charge in [0.25, 0.3) is 17.4 Å². The first kappa shape index (κ1) is 35.0. The number of nitrogens with one attached hydrogen (secondary N) is 3. The van der Waals surface area contributed by atoms with E-state index in [0.717, 1.165) is 36.2 Å². The minimum atomic E-state index is -5.03. The summed E-state index contributed by atoms with van der Waals surface area (Å²) in [5.74, 6) is -2.80. The van der Waals surface area contributed by atoms with Crippen molar-refractivity contribution in [1.82, 2.24) is 20.7 Å². The minimum Gasteiger partial charge on any atom is -0.485 e. The SMILES string of the molecule is CC1(C)[C@H](NC(=O)/C(=N\O[C@](C)(C(=O)O)[C@H]2CCc3cc(C(=N)N[C@@H]4CC[C@@H](N)C4)ccc3O2)c2csc(N)n2)C(=O)N1OS(=O)(=O)O. The van der Waals surface area contributed by atoms with Gasteiger partial charge in [0.1, 0.15) is 23.3 Å². The van der Waals surface area contributed by atoms with Gasteiger partial charge in [-0.05, 0) is 76.6 Å². The smallest absolute Gasteiger partial charge is 0.418 e. The van der Waals surface area contributed by atoms with E-state index in [2.05, 4.69) is 25.1 Å². The number of benzene rings is 1. The minimum absolute atomic E-state index is 0.0564. The van der Waals surface area contributed by atoms with E-state index >= 15 is 0 Å². The molecule has 2 fully saturated rings. The monoisotopic (exact) mass is 708 g/mol. The third-order valence-corrected chi connectivity index (χ3v) is 9.59. The second-order valence-electron chi connectivity index (χ2n) is 12.5. The van der Waals surface area contributed by atoms with Gasteiger partial charge in [-0.2, -0.15) is 13.5 Å². The maximum atomic E-state index is 13.4. The van der Waals surface area contributed by atoms with Crippen molar-refractivity contribution in [3.05, 3.63) is 40.4 Å². The number of hydrogen-bond donors (Lipinski definition) is 7.